The minimum atomic E-state index is -0.418. The summed E-state index contributed by atoms with van der Waals surface area (Å²) in [5.41, 5.74) is 4.81. The molecule has 1 amide bonds. The van der Waals surface area contributed by atoms with Crippen molar-refractivity contribution in [1.82, 2.24) is 5.32 Å². The molecule has 0 saturated heterocycles. The van der Waals surface area contributed by atoms with Crippen molar-refractivity contribution in [2.75, 3.05) is 6.54 Å². The van der Waals surface area contributed by atoms with Gasteiger partial charge in [0.25, 0.3) is 0 Å². The molecular weight excluding hydrogens is 152 g/mol. The van der Waals surface area contributed by atoms with E-state index in [0.29, 0.717) is 0 Å². The average molecular weight is 165 g/mol. The zero-order valence-corrected chi connectivity index (χ0v) is 6.78. The second kappa shape index (κ2) is 8.30. The summed E-state index contributed by atoms with van der Waals surface area (Å²) in [5, 5.41) is 2.88. The molecule has 0 aliphatic carbocycles. The van der Waals surface area contributed by atoms with E-state index in [1.54, 1.807) is 6.20 Å². The van der Waals surface area contributed by atoms with Gasteiger partial charge in [-0.1, -0.05) is 6.92 Å². The van der Waals surface area contributed by atoms with Gasteiger partial charge in [0.05, 0.1) is 0 Å². The molecule has 10 heavy (non-hydrogen) atoms. The number of carbonyl (C=O) groups is 1. The van der Waals surface area contributed by atoms with Crippen LogP contribution in [0.4, 0.5) is 0 Å². The Morgan fingerprint density at radius 3 is 2.70 bits per heavy atom. The molecule has 0 fully saturated rings. The maximum absolute atomic E-state index is 10.1. The van der Waals surface area contributed by atoms with Gasteiger partial charge < -0.3 is 11.1 Å². The van der Waals surface area contributed by atoms with Gasteiger partial charge in [-0.05, 0) is 6.42 Å². The fraction of sp³-hybridized carbons (Fsp3) is 0.500. The van der Waals surface area contributed by atoms with Crippen LogP contribution < -0.4 is 11.1 Å². The lowest BCUT2D eigenvalue weighted by molar-refractivity contribution is -0.113. The molecule has 0 aliphatic rings. The van der Waals surface area contributed by atoms with Crippen LogP contribution in [0.15, 0.2) is 12.3 Å². The summed E-state index contributed by atoms with van der Waals surface area (Å²) in [5.74, 6) is -0.418. The number of rotatable bonds is 4. The van der Waals surface area contributed by atoms with Crippen LogP contribution in [0, 0.1) is 0 Å². The van der Waals surface area contributed by atoms with E-state index >= 15 is 0 Å². The molecule has 0 saturated carbocycles. The Bertz CT molecular complexity index is 114. The first kappa shape index (κ1) is 12.0. The van der Waals surface area contributed by atoms with Crippen LogP contribution in [0.1, 0.15) is 13.3 Å². The van der Waals surface area contributed by atoms with Gasteiger partial charge >= 0.3 is 0 Å². The van der Waals surface area contributed by atoms with Crippen molar-refractivity contribution in [3.63, 3.8) is 0 Å². The summed E-state index contributed by atoms with van der Waals surface area (Å²) in [6.45, 7) is 2.93. The zero-order chi connectivity index (χ0) is 7.11. The van der Waals surface area contributed by atoms with Gasteiger partial charge in [0, 0.05) is 18.8 Å². The molecule has 0 radical (unpaired) electrons. The third kappa shape index (κ3) is 10.3. The molecule has 0 aromatic heterocycles. The largest absolute Gasteiger partial charge is 0.391 e. The van der Waals surface area contributed by atoms with Crippen LogP contribution in [-0.4, -0.2) is 12.5 Å². The molecule has 0 bridgehead atoms. The molecular formula is C6H13ClN2O. The smallest absolute Gasteiger partial charge is 0.242 e. The topological polar surface area (TPSA) is 55.1 Å². The Balaban J connectivity index is 0. The molecule has 3 N–H and O–H groups in total. The van der Waals surface area contributed by atoms with Crippen molar-refractivity contribution in [3.05, 3.63) is 12.3 Å². The molecule has 0 atom stereocenters. The highest BCUT2D eigenvalue weighted by Crippen LogP contribution is 1.69. The molecule has 60 valence electrons. The Labute approximate surface area is 67.1 Å². The second-order valence-electron chi connectivity index (χ2n) is 1.69. The highest BCUT2D eigenvalue weighted by molar-refractivity contribution is 5.85. The zero-order valence-electron chi connectivity index (χ0n) is 5.96. The van der Waals surface area contributed by atoms with E-state index in [2.05, 4.69) is 5.32 Å². The number of halogens is 1. The van der Waals surface area contributed by atoms with E-state index in [1.807, 2.05) is 6.92 Å². The molecule has 3 nitrogen and oxygen atoms in total. The van der Waals surface area contributed by atoms with Crippen LogP contribution in [0.2, 0.25) is 0 Å². The van der Waals surface area contributed by atoms with Crippen LogP contribution in [0.5, 0.6) is 0 Å². The van der Waals surface area contributed by atoms with Crippen LogP contribution in [0.3, 0.4) is 0 Å². The number of carbonyl (C=O) groups excluding carboxylic acids is 1. The molecule has 0 spiro atoms. The molecule has 0 unspecified atom stereocenters. The van der Waals surface area contributed by atoms with Crippen molar-refractivity contribution in [2.45, 2.75) is 13.3 Å². The Kier molecular flexibility index (Phi) is 9.98. The van der Waals surface area contributed by atoms with Crippen molar-refractivity contribution in [3.8, 4) is 0 Å². The maximum atomic E-state index is 10.1. The Morgan fingerprint density at radius 1 is 1.70 bits per heavy atom. The lowest BCUT2D eigenvalue weighted by Crippen LogP contribution is -2.10. The van der Waals surface area contributed by atoms with E-state index in [1.165, 1.54) is 6.08 Å². The third-order valence-corrected chi connectivity index (χ3v) is 0.760. The predicted molar refractivity (Wildman–Crippen MR) is 43.9 cm³/mol. The normalized spacial score (nSPS) is 8.90. The van der Waals surface area contributed by atoms with E-state index in [4.69, 9.17) is 5.73 Å². The number of nitrogens with two attached hydrogens (primary N) is 1. The standard InChI is InChI=1S/C6H12N2O.ClH/c1-2-4-8-5-3-6(7)9;/h3,5,8H,2,4H2,1H3,(H2,7,9);1H. The lowest BCUT2D eigenvalue weighted by Gasteiger charge is -1.92. The fourth-order valence-corrected chi connectivity index (χ4v) is 0.369. The van der Waals surface area contributed by atoms with Gasteiger partial charge in [0.1, 0.15) is 0 Å². The van der Waals surface area contributed by atoms with Gasteiger partial charge in [0.15, 0.2) is 0 Å². The van der Waals surface area contributed by atoms with Gasteiger partial charge in [-0.3, -0.25) is 4.79 Å². The van der Waals surface area contributed by atoms with E-state index in [9.17, 15) is 4.79 Å². The van der Waals surface area contributed by atoms with E-state index < -0.39 is 5.91 Å². The minimum absolute atomic E-state index is 0. The fourth-order valence-electron chi connectivity index (χ4n) is 0.369. The summed E-state index contributed by atoms with van der Waals surface area (Å²) < 4.78 is 0. The second-order valence-corrected chi connectivity index (χ2v) is 1.69. The first-order valence-corrected chi connectivity index (χ1v) is 2.96. The average Bonchev–Trinajstić information content (AvgIpc) is 1.80. The summed E-state index contributed by atoms with van der Waals surface area (Å²) in [6, 6.07) is 0. The number of amides is 1. The van der Waals surface area contributed by atoms with Crippen molar-refractivity contribution in [1.29, 1.82) is 0 Å². The molecule has 0 aromatic carbocycles. The van der Waals surface area contributed by atoms with Crippen molar-refractivity contribution >= 4 is 18.3 Å². The van der Waals surface area contributed by atoms with E-state index in [-0.39, 0.29) is 12.4 Å². The van der Waals surface area contributed by atoms with Crippen LogP contribution in [-0.2, 0) is 4.79 Å². The van der Waals surface area contributed by atoms with Crippen molar-refractivity contribution in [2.24, 2.45) is 5.73 Å². The van der Waals surface area contributed by atoms with Crippen LogP contribution >= 0.6 is 12.4 Å². The van der Waals surface area contributed by atoms with Gasteiger partial charge in [-0.2, -0.15) is 0 Å². The summed E-state index contributed by atoms with van der Waals surface area (Å²) in [7, 11) is 0. The third-order valence-electron chi connectivity index (χ3n) is 0.760. The lowest BCUT2D eigenvalue weighted by atomic mass is 10.5. The maximum Gasteiger partial charge on any atom is 0.242 e. The van der Waals surface area contributed by atoms with Gasteiger partial charge in [0.2, 0.25) is 5.91 Å². The van der Waals surface area contributed by atoms with Crippen LogP contribution in [0.25, 0.3) is 0 Å². The quantitative estimate of drug-likeness (QED) is 0.467. The Hall–Kier alpha value is -0.700. The first-order chi connectivity index (χ1) is 4.27. The molecule has 0 rings (SSSR count). The summed E-state index contributed by atoms with van der Waals surface area (Å²) >= 11 is 0. The molecule has 4 heteroatoms. The minimum Gasteiger partial charge on any atom is -0.391 e. The SMILES string of the molecule is CCCNC=CC(N)=O.Cl. The van der Waals surface area contributed by atoms with E-state index in [0.717, 1.165) is 13.0 Å². The highest BCUT2D eigenvalue weighted by atomic mass is 35.5. The Morgan fingerprint density at radius 2 is 2.30 bits per heavy atom. The van der Waals surface area contributed by atoms with Gasteiger partial charge in [-0.25, -0.2) is 0 Å². The monoisotopic (exact) mass is 164 g/mol. The number of nitrogens with one attached hydrogen (secondary N) is 1. The van der Waals surface area contributed by atoms with Gasteiger partial charge in [-0.15, -0.1) is 12.4 Å². The van der Waals surface area contributed by atoms with Crippen molar-refractivity contribution < 1.29 is 4.79 Å². The molecule has 0 heterocycles. The summed E-state index contributed by atoms with van der Waals surface area (Å²) in [6.07, 6.45) is 3.91. The first-order valence-electron chi connectivity index (χ1n) is 2.96. The molecule has 0 aromatic rings. The number of primary amides is 1. The summed E-state index contributed by atoms with van der Waals surface area (Å²) in [4.78, 5) is 10.1. The molecule has 0 aliphatic heterocycles. The predicted octanol–water partition coefficient (Wildman–Crippen LogP) is 0.407. The number of hydrogen-bond acceptors (Lipinski definition) is 2. The highest BCUT2D eigenvalue weighted by Gasteiger charge is 1.78. The number of hydrogen-bond donors (Lipinski definition) is 2.